The van der Waals surface area contributed by atoms with Crippen molar-refractivity contribution < 1.29 is 9.53 Å². The van der Waals surface area contributed by atoms with E-state index in [1.165, 1.54) is 6.42 Å². The number of amides is 1. The number of hydrogen-bond donors (Lipinski definition) is 1. The molecule has 1 saturated heterocycles. The molecule has 1 atom stereocenters. The third kappa shape index (κ3) is 6.92. The average molecular weight is 317 g/mol. The molecule has 124 valence electrons. The Kier molecular flexibility index (Phi) is 6.85. The van der Waals surface area contributed by atoms with E-state index >= 15 is 0 Å². The van der Waals surface area contributed by atoms with E-state index in [0.717, 1.165) is 32.5 Å². The quantitative estimate of drug-likeness (QED) is 0.843. The molecule has 4 nitrogen and oxygen atoms in total. The van der Waals surface area contributed by atoms with Crippen molar-refractivity contribution in [1.82, 2.24) is 10.2 Å². The minimum atomic E-state index is -0.423. The summed E-state index contributed by atoms with van der Waals surface area (Å²) in [7, 11) is 0. The van der Waals surface area contributed by atoms with Crippen LogP contribution < -0.4 is 5.32 Å². The molecule has 1 rings (SSSR count). The van der Waals surface area contributed by atoms with E-state index in [4.69, 9.17) is 4.74 Å². The minimum Gasteiger partial charge on any atom is -0.444 e. The maximum Gasteiger partial charge on any atom is 0.410 e. The highest BCUT2D eigenvalue weighted by atomic mass is 32.2. The molecule has 1 heterocycles. The fourth-order valence-electron chi connectivity index (χ4n) is 2.39. The predicted molar refractivity (Wildman–Crippen MR) is 91.0 cm³/mol. The van der Waals surface area contributed by atoms with Gasteiger partial charge >= 0.3 is 6.09 Å². The first kappa shape index (κ1) is 18.6. The number of nitrogens with one attached hydrogen (secondary N) is 1. The second-order valence-electron chi connectivity index (χ2n) is 7.42. The molecule has 0 spiro atoms. The minimum absolute atomic E-state index is 0.168. The Morgan fingerprint density at radius 2 is 1.95 bits per heavy atom. The number of carbonyl (C=O) groups is 1. The molecule has 5 heteroatoms. The first-order chi connectivity index (χ1) is 9.64. The molecule has 1 amide bonds. The smallest absolute Gasteiger partial charge is 0.410 e. The summed E-state index contributed by atoms with van der Waals surface area (Å²) in [5.41, 5.74) is -0.423. The number of likely N-dealkylation sites (tertiary alicyclic amines) is 1. The third-order valence-electron chi connectivity index (χ3n) is 3.74. The zero-order valence-electron chi connectivity index (χ0n) is 14.5. The van der Waals surface area contributed by atoms with Gasteiger partial charge in [-0.25, -0.2) is 4.79 Å². The van der Waals surface area contributed by atoms with Crippen LogP contribution in [0, 0.1) is 0 Å². The standard InChI is InChI=1S/C16H32N2O2S/c1-15(2,3)20-14(19)18-10-8-7-9-13(18)11-17-12-16(4,5)21-6/h13,17H,7-12H2,1-6H3. The van der Waals surface area contributed by atoms with Crippen LogP contribution in [0.25, 0.3) is 0 Å². The van der Waals surface area contributed by atoms with Crippen molar-refractivity contribution >= 4 is 17.9 Å². The molecule has 1 aliphatic rings. The zero-order chi connectivity index (χ0) is 16.1. The van der Waals surface area contributed by atoms with Crippen LogP contribution in [0.5, 0.6) is 0 Å². The lowest BCUT2D eigenvalue weighted by Crippen LogP contribution is -2.51. The lowest BCUT2D eigenvalue weighted by molar-refractivity contribution is 0.00996. The summed E-state index contributed by atoms with van der Waals surface area (Å²) < 4.78 is 5.76. The van der Waals surface area contributed by atoms with Crippen molar-refractivity contribution in [1.29, 1.82) is 0 Å². The molecule has 1 aliphatic heterocycles. The first-order valence-electron chi connectivity index (χ1n) is 7.90. The molecule has 0 bridgehead atoms. The van der Waals surface area contributed by atoms with Crippen LogP contribution in [0.1, 0.15) is 53.9 Å². The fourth-order valence-corrected chi connectivity index (χ4v) is 2.63. The maximum atomic E-state index is 12.3. The Bertz CT molecular complexity index is 340. The van der Waals surface area contributed by atoms with Gasteiger partial charge in [0, 0.05) is 30.4 Å². The SMILES string of the molecule is CSC(C)(C)CNCC1CCCCN1C(=O)OC(C)(C)C. The largest absolute Gasteiger partial charge is 0.444 e. The topological polar surface area (TPSA) is 41.6 Å². The van der Waals surface area contributed by atoms with Crippen molar-refractivity contribution in [3.05, 3.63) is 0 Å². The normalized spacial score (nSPS) is 20.5. The molecule has 0 aromatic heterocycles. The van der Waals surface area contributed by atoms with Gasteiger partial charge in [0.05, 0.1) is 0 Å². The summed E-state index contributed by atoms with van der Waals surface area (Å²) in [6, 6.07) is 0.256. The molecule has 0 radical (unpaired) electrons. The molecule has 1 N–H and O–H groups in total. The van der Waals surface area contributed by atoms with Gasteiger partial charge in [0.15, 0.2) is 0 Å². The lowest BCUT2D eigenvalue weighted by Gasteiger charge is -2.37. The second-order valence-corrected chi connectivity index (χ2v) is 8.93. The number of nitrogens with zero attached hydrogens (tertiary/aromatic N) is 1. The zero-order valence-corrected chi connectivity index (χ0v) is 15.3. The molecule has 1 unspecified atom stereocenters. The van der Waals surface area contributed by atoms with Crippen molar-refractivity contribution in [3.8, 4) is 0 Å². The average Bonchev–Trinajstić information content (AvgIpc) is 2.37. The van der Waals surface area contributed by atoms with E-state index in [0.29, 0.717) is 0 Å². The van der Waals surface area contributed by atoms with Gasteiger partial charge in [-0.2, -0.15) is 11.8 Å². The fraction of sp³-hybridized carbons (Fsp3) is 0.938. The lowest BCUT2D eigenvalue weighted by atomic mass is 10.0. The Hall–Kier alpha value is -0.420. The molecule has 21 heavy (non-hydrogen) atoms. The summed E-state index contributed by atoms with van der Waals surface area (Å²) in [4.78, 5) is 14.2. The molecule has 0 saturated carbocycles. The van der Waals surface area contributed by atoms with E-state index < -0.39 is 5.60 Å². The first-order valence-corrected chi connectivity index (χ1v) is 9.12. The predicted octanol–water partition coefficient (Wildman–Crippen LogP) is 3.51. The van der Waals surface area contributed by atoms with Gasteiger partial charge in [0.2, 0.25) is 0 Å². The molecular weight excluding hydrogens is 284 g/mol. The number of hydrogen-bond acceptors (Lipinski definition) is 4. The van der Waals surface area contributed by atoms with Gasteiger partial charge in [0.1, 0.15) is 5.60 Å². The van der Waals surface area contributed by atoms with E-state index in [9.17, 15) is 4.79 Å². The monoisotopic (exact) mass is 316 g/mol. The summed E-state index contributed by atoms with van der Waals surface area (Å²) in [6.07, 6.45) is 5.29. The number of thioether (sulfide) groups is 1. The van der Waals surface area contributed by atoms with Gasteiger partial charge < -0.3 is 15.0 Å². The van der Waals surface area contributed by atoms with Gasteiger partial charge in [-0.3, -0.25) is 0 Å². The molecule has 1 fully saturated rings. The Labute approximate surface area is 134 Å². The van der Waals surface area contributed by atoms with Crippen molar-refractivity contribution in [2.45, 2.75) is 70.3 Å². The highest BCUT2D eigenvalue weighted by molar-refractivity contribution is 7.99. The van der Waals surface area contributed by atoms with Crippen LogP contribution in [0.2, 0.25) is 0 Å². The number of piperidine rings is 1. The van der Waals surface area contributed by atoms with Gasteiger partial charge in [0.25, 0.3) is 0 Å². The van der Waals surface area contributed by atoms with Crippen LogP contribution in [0.3, 0.4) is 0 Å². The van der Waals surface area contributed by atoms with Gasteiger partial charge in [-0.15, -0.1) is 0 Å². The summed E-state index contributed by atoms with van der Waals surface area (Å²) in [5.74, 6) is 0. The summed E-state index contributed by atoms with van der Waals surface area (Å²) >= 11 is 1.86. The second kappa shape index (κ2) is 7.73. The van der Waals surface area contributed by atoms with Gasteiger partial charge in [-0.05, 0) is 60.1 Å². The maximum absolute atomic E-state index is 12.3. The van der Waals surface area contributed by atoms with E-state index in [1.807, 2.05) is 37.4 Å². The highest BCUT2D eigenvalue weighted by Crippen LogP contribution is 2.22. The number of carbonyl (C=O) groups excluding carboxylic acids is 1. The van der Waals surface area contributed by atoms with Crippen LogP contribution in [0.4, 0.5) is 4.79 Å². The number of ether oxygens (including phenoxy) is 1. The Balaban J connectivity index is 2.51. The van der Waals surface area contributed by atoms with Crippen LogP contribution in [-0.2, 0) is 4.74 Å². The molecular formula is C16H32N2O2S. The third-order valence-corrected chi connectivity index (χ3v) is 4.99. The Morgan fingerprint density at radius 1 is 1.29 bits per heavy atom. The Morgan fingerprint density at radius 3 is 2.52 bits per heavy atom. The van der Waals surface area contributed by atoms with Gasteiger partial charge in [-0.1, -0.05) is 0 Å². The van der Waals surface area contributed by atoms with Crippen molar-refractivity contribution in [2.24, 2.45) is 0 Å². The summed E-state index contributed by atoms with van der Waals surface area (Å²) in [5, 5.41) is 3.52. The highest BCUT2D eigenvalue weighted by Gasteiger charge is 2.30. The van der Waals surface area contributed by atoms with E-state index in [2.05, 4.69) is 25.4 Å². The van der Waals surface area contributed by atoms with Crippen LogP contribution >= 0.6 is 11.8 Å². The van der Waals surface area contributed by atoms with Crippen LogP contribution in [0.15, 0.2) is 0 Å². The van der Waals surface area contributed by atoms with E-state index in [1.54, 1.807) is 0 Å². The summed E-state index contributed by atoms with van der Waals surface area (Å²) in [6.45, 7) is 12.8. The van der Waals surface area contributed by atoms with Crippen molar-refractivity contribution in [3.63, 3.8) is 0 Å². The van der Waals surface area contributed by atoms with Crippen molar-refractivity contribution in [2.75, 3.05) is 25.9 Å². The number of rotatable bonds is 5. The molecule has 0 aliphatic carbocycles. The molecule has 0 aromatic rings. The van der Waals surface area contributed by atoms with Crippen LogP contribution in [-0.4, -0.2) is 53.3 Å². The molecule has 0 aromatic carbocycles. The van der Waals surface area contributed by atoms with E-state index in [-0.39, 0.29) is 16.9 Å².